The van der Waals surface area contributed by atoms with Crippen LogP contribution >= 0.6 is 0 Å². The van der Waals surface area contributed by atoms with Gasteiger partial charge >= 0.3 is 12.1 Å². The number of H-pyrrole nitrogens is 1. The largest absolute Gasteiger partial charge is 0.469 e. The minimum absolute atomic E-state index is 0.228. The summed E-state index contributed by atoms with van der Waals surface area (Å²) in [7, 11) is 1.37. The molecule has 2 N–H and O–H groups in total. The number of methoxy groups -OCH3 is 1. The van der Waals surface area contributed by atoms with Crippen molar-refractivity contribution >= 4 is 23.0 Å². The Morgan fingerprint density at radius 2 is 2.00 bits per heavy atom. The molecule has 0 bridgehead atoms. The minimum Gasteiger partial charge on any atom is -0.469 e. The van der Waals surface area contributed by atoms with Gasteiger partial charge in [0.25, 0.3) is 0 Å². The first-order chi connectivity index (χ1) is 10.8. The molecule has 0 aliphatic carbocycles. The molecule has 1 aromatic heterocycles. The Bertz CT molecular complexity index is 713. The Morgan fingerprint density at radius 1 is 1.26 bits per heavy atom. The second-order valence-corrected chi connectivity index (χ2v) is 6.30. The van der Waals surface area contributed by atoms with E-state index in [-0.39, 0.29) is 12.4 Å². The molecule has 0 radical (unpaired) electrons. The van der Waals surface area contributed by atoms with E-state index in [1.54, 1.807) is 6.20 Å². The van der Waals surface area contributed by atoms with Gasteiger partial charge in [-0.05, 0) is 38.0 Å². The number of esters is 1. The monoisotopic (exact) mass is 318 g/mol. The fourth-order valence-corrected chi connectivity index (χ4v) is 2.21. The summed E-state index contributed by atoms with van der Waals surface area (Å²) in [6.07, 6.45) is 1.58. The zero-order valence-corrected chi connectivity index (χ0v) is 13.9. The molecular formula is C17H22N2O4. The lowest BCUT2D eigenvalue weighted by Crippen LogP contribution is -2.32. The quantitative estimate of drug-likeness (QED) is 0.849. The number of hydrogen-bond acceptors (Lipinski definition) is 4. The molecule has 2 aromatic rings. The van der Waals surface area contributed by atoms with Crippen LogP contribution in [0.3, 0.4) is 0 Å². The number of rotatable bonds is 4. The Labute approximate surface area is 135 Å². The lowest BCUT2D eigenvalue weighted by atomic mass is 10.1. The zero-order valence-electron chi connectivity index (χ0n) is 13.9. The van der Waals surface area contributed by atoms with E-state index in [2.05, 4.69) is 15.0 Å². The summed E-state index contributed by atoms with van der Waals surface area (Å²) < 4.78 is 9.88. The normalized spacial score (nSPS) is 11.3. The summed E-state index contributed by atoms with van der Waals surface area (Å²) in [4.78, 5) is 26.2. The minimum atomic E-state index is -0.518. The molecule has 23 heavy (non-hydrogen) atoms. The lowest BCUT2D eigenvalue weighted by molar-refractivity contribution is -0.139. The molecule has 0 unspecified atom stereocenters. The van der Waals surface area contributed by atoms with Crippen LogP contribution in [0.1, 0.15) is 31.9 Å². The molecular weight excluding hydrogens is 296 g/mol. The Morgan fingerprint density at radius 3 is 2.65 bits per heavy atom. The third-order valence-corrected chi connectivity index (χ3v) is 3.23. The van der Waals surface area contributed by atoms with Crippen LogP contribution < -0.4 is 5.32 Å². The van der Waals surface area contributed by atoms with Crippen LogP contribution in [0.25, 0.3) is 10.9 Å². The van der Waals surface area contributed by atoms with Crippen LogP contribution in [-0.2, 0) is 27.2 Å². The molecule has 1 heterocycles. The second kappa shape index (κ2) is 6.73. The smallest absolute Gasteiger partial charge is 0.407 e. The average molecular weight is 318 g/mol. The summed E-state index contributed by atoms with van der Waals surface area (Å²) in [6.45, 7) is 5.83. The molecule has 0 saturated carbocycles. The van der Waals surface area contributed by atoms with Crippen LogP contribution in [0.4, 0.5) is 4.79 Å². The maximum atomic E-state index is 11.7. The van der Waals surface area contributed by atoms with Crippen molar-refractivity contribution in [1.29, 1.82) is 0 Å². The highest BCUT2D eigenvalue weighted by molar-refractivity contribution is 5.87. The summed E-state index contributed by atoms with van der Waals surface area (Å²) >= 11 is 0. The maximum Gasteiger partial charge on any atom is 0.407 e. The highest BCUT2D eigenvalue weighted by Gasteiger charge is 2.16. The number of hydrogen-bond donors (Lipinski definition) is 2. The first-order valence-corrected chi connectivity index (χ1v) is 7.41. The number of aromatic amines is 1. The first kappa shape index (κ1) is 16.9. The molecule has 1 aromatic carbocycles. The third-order valence-electron chi connectivity index (χ3n) is 3.23. The summed E-state index contributed by atoms with van der Waals surface area (Å²) in [5.41, 5.74) is 2.22. The van der Waals surface area contributed by atoms with Gasteiger partial charge in [-0.25, -0.2) is 4.79 Å². The highest BCUT2D eigenvalue weighted by Crippen LogP contribution is 2.20. The fourth-order valence-electron chi connectivity index (χ4n) is 2.21. The number of nitrogens with one attached hydrogen (secondary N) is 2. The van der Waals surface area contributed by atoms with Crippen molar-refractivity contribution < 1.29 is 19.1 Å². The van der Waals surface area contributed by atoms with Crippen molar-refractivity contribution in [1.82, 2.24) is 10.3 Å². The molecule has 6 nitrogen and oxygen atoms in total. The van der Waals surface area contributed by atoms with E-state index in [0.29, 0.717) is 6.54 Å². The van der Waals surface area contributed by atoms with Crippen LogP contribution in [0.2, 0.25) is 0 Å². The summed E-state index contributed by atoms with van der Waals surface area (Å²) in [5, 5.41) is 3.69. The van der Waals surface area contributed by atoms with Gasteiger partial charge in [-0.2, -0.15) is 0 Å². The predicted molar refractivity (Wildman–Crippen MR) is 87.1 cm³/mol. The van der Waals surface area contributed by atoms with E-state index in [1.165, 1.54) is 7.11 Å². The van der Waals surface area contributed by atoms with Crippen molar-refractivity contribution in [3.63, 3.8) is 0 Å². The topological polar surface area (TPSA) is 80.4 Å². The highest BCUT2D eigenvalue weighted by atomic mass is 16.6. The molecule has 1 amide bonds. The number of aromatic nitrogens is 1. The predicted octanol–water partition coefficient (Wildman–Crippen LogP) is 2.91. The number of amides is 1. The van der Waals surface area contributed by atoms with Crippen molar-refractivity contribution in [2.75, 3.05) is 7.11 Å². The molecule has 0 aliphatic rings. The van der Waals surface area contributed by atoms with Gasteiger partial charge in [0.1, 0.15) is 5.60 Å². The second-order valence-electron chi connectivity index (χ2n) is 6.30. The van der Waals surface area contributed by atoms with Gasteiger partial charge in [-0.15, -0.1) is 0 Å². The van der Waals surface area contributed by atoms with Crippen molar-refractivity contribution in [2.24, 2.45) is 0 Å². The Hall–Kier alpha value is -2.50. The Kier molecular flexibility index (Phi) is 4.93. The molecule has 0 aliphatic heterocycles. The first-order valence-electron chi connectivity index (χ1n) is 7.41. The van der Waals surface area contributed by atoms with E-state index in [4.69, 9.17) is 4.74 Å². The number of alkyl carbamates (subject to hydrolysis) is 1. The Balaban J connectivity index is 2.04. The van der Waals surface area contributed by atoms with Gasteiger partial charge < -0.3 is 19.8 Å². The molecule has 0 atom stereocenters. The fraction of sp³-hybridized carbons (Fsp3) is 0.412. The van der Waals surface area contributed by atoms with Crippen LogP contribution in [0, 0.1) is 0 Å². The van der Waals surface area contributed by atoms with Gasteiger partial charge in [0.05, 0.1) is 13.5 Å². The van der Waals surface area contributed by atoms with Crippen molar-refractivity contribution in [3.05, 3.63) is 35.5 Å². The number of carbonyl (C=O) groups excluding carboxylic acids is 2. The lowest BCUT2D eigenvalue weighted by Gasteiger charge is -2.19. The van der Waals surface area contributed by atoms with E-state index in [1.807, 2.05) is 39.0 Å². The molecule has 6 heteroatoms. The number of fused-ring (bicyclic) bond motifs is 1. The van der Waals surface area contributed by atoms with Crippen LogP contribution in [0.15, 0.2) is 24.4 Å². The summed E-state index contributed by atoms with van der Waals surface area (Å²) in [5.74, 6) is -0.276. The van der Waals surface area contributed by atoms with Crippen LogP contribution in [-0.4, -0.2) is 29.8 Å². The van der Waals surface area contributed by atoms with Gasteiger partial charge in [-0.1, -0.05) is 12.1 Å². The SMILES string of the molecule is COC(=O)Cc1c[nH]c2cc(CNC(=O)OC(C)(C)C)ccc12. The molecule has 0 saturated heterocycles. The third kappa shape index (κ3) is 4.74. The number of carbonyl (C=O) groups is 2. The van der Waals surface area contributed by atoms with E-state index >= 15 is 0 Å². The average Bonchev–Trinajstić information content (AvgIpc) is 2.85. The van der Waals surface area contributed by atoms with Gasteiger partial charge in [0, 0.05) is 23.6 Å². The maximum absolute atomic E-state index is 11.7. The standard InChI is InChI=1S/C17H22N2O4/c1-17(2,3)23-16(21)19-9-11-5-6-13-12(8-15(20)22-4)10-18-14(13)7-11/h5-7,10,18H,8-9H2,1-4H3,(H,19,21). The van der Waals surface area contributed by atoms with Gasteiger partial charge in [0.15, 0.2) is 0 Å². The number of benzene rings is 1. The van der Waals surface area contributed by atoms with Crippen molar-refractivity contribution in [3.8, 4) is 0 Å². The zero-order chi connectivity index (χ0) is 17.0. The van der Waals surface area contributed by atoms with E-state index in [9.17, 15) is 9.59 Å². The van der Waals surface area contributed by atoms with Crippen molar-refractivity contribution in [2.45, 2.75) is 39.3 Å². The summed E-state index contributed by atoms with van der Waals surface area (Å²) in [6, 6.07) is 5.78. The van der Waals surface area contributed by atoms with Gasteiger partial charge in [-0.3, -0.25) is 4.79 Å². The molecule has 0 spiro atoms. The molecule has 124 valence electrons. The molecule has 2 rings (SSSR count). The van der Waals surface area contributed by atoms with E-state index in [0.717, 1.165) is 22.0 Å². The van der Waals surface area contributed by atoms with E-state index < -0.39 is 11.7 Å². The number of ether oxygens (including phenoxy) is 2. The molecule has 0 fully saturated rings. The van der Waals surface area contributed by atoms with Gasteiger partial charge in [0.2, 0.25) is 0 Å². The van der Waals surface area contributed by atoms with Crippen LogP contribution in [0.5, 0.6) is 0 Å².